The summed E-state index contributed by atoms with van der Waals surface area (Å²) < 4.78 is -0.169. The van der Waals surface area contributed by atoms with Crippen LogP contribution in [0.2, 0.25) is 0 Å². The lowest BCUT2D eigenvalue weighted by molar-refractivity contribution is -0.119. The van der Waals surface area contributed by atoms with Crippen LogP contribution < -0.4 is 0 Å². The van der Waals surface area contributed by atoms with Crippen molar-refractivity contribution in [1.82, 2.24) is 0 Å². The Kier molecular flexibility index (Phi) is 3.80. The Balaban J connectivity index is 2.47. The minimum absolute atomic E-state index is 0.135. The number of carbonyl (C=O) groups excluding carboxylic acids is 1. The second kappa shape index (κ2) is 4.47. The summed E-state index contributed by atoms with van der Waals surface area (Å²) in [5.74, 6) is 0.373. The summed E-state index contributed by atoms with van der Waals surface area (Å²) in [4.78, 5) is 11.5. The molecule has 76 valence electrons. The Bertz CT molecular complexity index is 189. The standard InChI is InChI=1S/C10H18O2S/c1-10(2,7-11)13-9-6-4-3-5-8(9)12/h9,11H,3-7H2,1-2H3. The average Bonchev–Trinajstić information content (AvgIpc) is 2.09. The minimum Gasteiger partial charge on any atom is -0.395 e. The molecular formula is C10H18O2S. The molecule has 0 spiro atoms. The largest absolute Gasteiger partial charge is 0.395 e. The van der Waals surface area contributed by atoms with Crippen LogP contribution in [0.5, 0.6) is 0 Å². The summed E-state index contributed by atoms with van der Waals surface area (Å²) in [5.41, 5.74) is 0. The van der Waals surface area contributed by atoms with E-state index in [0.29, 0.717) is 5.78 Å². The van der Waals surface area contributed by atoms with Crippen molar-refractivity contribution in [2.24, 2.45) is 0 Å². The van der Waals surface area contributed by atoms with Gasteiger partial charge in [0.15, 0.2) is 0 Å². The molecule has 1 atom stereocenters. The first-order chi connectivity index (χ1) is 6.05. The molecule has 0 bridgehead atoms. The molecule has 3 heteroatoms. The molecule has 1 saturated carbocycles. The number of Topliss-reactive ketones (excluding diaryl/α,β-unsaturated/α-hetero) is 1. The molecule has 1 aliphatic rings. The minimum atomic E-state index is -0.169. The first kappa shape index (κ1) is 11.1. The molecule has 0 amide bonds. The Labute approximate surface area is 84.1 Å². The summed E-state index contributed by atoms with van der Waals surface area (Å²) in [7, 11) is 0. The third kappa shape index (κ3) is 3.31. The van der Waals surface area contributed by atoms with Gasteiger partial charge in [0.1, 0.15) is 5.78 Å². The van der Waals surface area contributed by atoms with Crippen molar-refractivity contribution in [3.05, 3.63) is 0 Å². The van der Waals surface area contributed by atoms with E-state index in [-0.39, 0.29) is 16.6 Å². The highest BCUT2D eigenvalue weighted by Crippen LogP contribution is 2.34. The topological polar surface area (TPSA) is 37.3 Å². The predicted octanol–water partition coefficient (Wildman–Crippen LogP) is 2.00. The second-order valence-corrected chi connectivity index (χ2v) is 6.15. The number of aliphatic hydroxyl groups excluding tert-OH is 1. The summed E-state index contributed by atoms with van der Waals surface area (Å²) in [6.07, 6.45) is 3.94. The van der Waals surface area contributed by atoms with Gasteiger partial charge in [-0.05, 0) is 26.7 Å². The Morgan fingerprint density at radius 3 is 2.77 bits per heavy atom. The van der Waals surface area contributed by atoms with Gasteiger partial charge >= 0.3 is 0 Å². The highest BCUT2D eigenvalue weighted by Gasteiger charge is 2.29. The van der Waals surface area contributed by atoms with E-state index in [4.69, 9.17) is 5.11 Å². The Morgan fingerprint density at radius 2 is 2.23 bits per heavy atom. The van der Waals surface area contributed by atoms with Crippen molar-refractivity contribution in [2.75, 3.05) is 6.61 Å². The zero-order valence-corrected chi connectivity index (χ0v) is 9.19. The normalized spacial score (nSPS) is 24.8. The summed E-state index contributed by atoms with van der Waals surface area (Å²) in [6.45, 7) is 4.11. The fourth-order valence-electron chi connectivity index (χ4n) is 1.50. The number of hydrogen-bond acceptors (Lipinski definition) is 3. The van der Waals surface area contributed by atoms with Gasteiger partial charge in [0, 0.05) is 11.2 Å². The first-order valence-electron chi connectivity index (χ1n) is 4.86. The van der Waals surface area contributed by atoms with E-state index in [9.17, 15) is 4.79 Å². The zero-order chi connectivity index (χ0) is 9.90. The van der Waals surface area contributed by atoms with Gasteiger partial charge in [-0.25, -0.2) is 0 Å². The summed E-state index contributed by atoms with van der Waals surface area (Å²) in [6, 6.07) is 0. The van der Waals surface area contributed by atoms with E-state index < -0.39 is 0 Å². The van der Waals surface area contributed by atoms with Gasteiger partial charge in [0.2, 0.25) is 0 Å². The Hall–Kier alpha value is -0.0200. The molecule has 0 aromatic heterocycles. The van der Waals surface area contributed by atoms with Crippen molar-refractivity contribution in [3.8, 4) is 0 Å². The second-order valence-electron chi connectivity index (χ2n) is 4.24. The molecule has 13 heavy (non-hydrogen) atoms. The summed E-state index contributed by atoms with van der Waals surface area (Å²) in [5, 5.41) is 9.21. The van der Waals surface area contributed by atoms with Crippen molar-refractivity contribution < 1.29 is 9.90 Å². The van der Waals surface area contributed by atoms with Gasteiger partial charge in [-0.3, -0.25) is 4.79 Å². The van der Waals surface area contributed by atoms with Gasteiger partial charge in [-0.1, -0.05) is 6.42 Å². The highest BCUT2D eigenvalue weighted by molar-refractivity contribution is 8.01. The van der Waals surface area contributed by atoms with Crippen molar-refractivity contribution >= 4 is 17.5 Å². The van der Waals surface area contributed by atoms with Crippen LogP contribution in [0.15, 0.2) is 0 Å². The molecule has 0 aliphatic heterocycles. The third-order valence-corrected chi connectivity index (χ3v) is 3.89. The smallest absolute Gasteiger partial charge is 0.145 e. The zero-order valence-electron chi connectivity index (χ0n) is 8.38. The van der Waals surface area contributed by atoms with E-state index >= 15 is 0 Å². The number of hydrogen-bond donors (Lipinski definition) is 1. The van der Waals surface area contributed by atoms with Crippen LogP contribution in [0.4, 0.5) is 0 Å². The lowest BCUT2D eigenvalue weighted by Crippen LogP contribution is -2.30. The van der Waals surface area contributed by atoms with Crippen molar-refractivity contribution in [3.63, 3.8) is 0 Å². The van der Waals surface area contributed by atoms with Crippen LogP contribution in [0.3, 0.4) is 0 Å². The quantitative estimate of drug-likeness (QED) is 0.760. The average molecular weight is 202 g/mol. The lowest BCUT2D eigenvalue weighted by Gasteiger charge is -2.28. The fraction of sp³-hybridized carbons (Fsp3) is 0.900. The van der Waals surface area contributed by atoms with E-state index in [1.54, 1.807) is 11.8 Å². The maximum atomic E-state index is 11.5. The third-order valence-electron chi connectivity index (χ3n) is 2.34. The van der Waals surface area contributed by atoms with Crippen LogP contribution in [0.1, 0.15) is 39.5 Å². The van der Waals surface area contributed by atoms with Crippen LogP contribution in [0, 0.1) is 0 Å². The van der Waals surface area contributed by atoms with Gasteiger partial charge in [0.05, 0.1) is 11.9 Å². The molecule has 0 radical (unpaired) electrons. The number of aliphatic hydroxyl groups is 1. The molecule has 0 heterocycles. The van der Waals surface area contributed by atoms with Crippen LogP contribution >= 0.6 is 11.8 Å². The molecule has 2 nitrogen and oxygen atoms in total. The molecule has 1 N–H and O–H groups in total. The van der Waals surface area contributed by atoms with Crippen LogP contribution in [0.25, 0.3) is 0 Å². The maximum absolute atomic E-state index is 11.5. The fourth-order valence-corrected chi connectivity index (χ4v) is 2.88. The lowest BCUT2D eigenvalue weighted by atomic mass is 9.99. The van der Waals surface area contributed by atoms with Gasteiger partial charge in [0.25, 0.3) is 0 Å². The molecule has 0 aromatic rings. The van der Waals surface area contributed by atoms with Crippen LogP contribution in [-0.2, 0) is 4.79 Å². The number of thioether (sulfide) groups is 1. The van der Waals surface area contributed by atoms with Gasteiger partial charge < -0.3 is 5.11 Å². The maximum Gasteiger partial charge on any atom is 0.145 e. The van der Waals surface area contributed by atoms with E-state index in [2.05, 4.69) is 0 Å². The number of rotatable bonds is 3. The van der Waals surface area contributed by atoms with E-state index in [1.807, 2.05) is 13.8 Å². The van der Waals surface area contributed by atoms with E-state index in [0.717, 1.165) is 25.7 Å². The molecule has 1 aliphatic carbocycles. The summed E-state index contributed by atoms with van der Waals surface area (Å²) >= 11 is 1.63. The number of ketones is 1. The molecule has 1 rings (SSSR count). The molecule has 0 aromatic carbocycles. The van der Waals surface area contributed by atoms with Crippen LogP contribution in [-0.4, -0.2) is 27.5 Å². The number of carbonyl (C=O) groups is 1. The SMILES string of the molecule is CC(C)(CO)SC1CCCCC1=O. The first-order valence-corrected chi connectivity index (χ1v) is 5.74. The predicted molar refractivity (Wildman–Crippen MR) is 56.0 cm³/mol. The molecule has 1 unspecified atom stereocenters. The van der Waals surface area contributed by atoms with Crippen molar-refractivity contribution in [1.29, 1.82) is 0 Å². The van der Waals surface area contributed by atoms with Crippen molar-refractivity contribution in [2.45, 2.75) is 49.5 Å². The monoisotopic (exact) mass is 202 g/mol. The molecular weight excluding hydrogens is 184 g/mol. The molecule has 1 fully saturated rings. The van der Waals surface area contributed by atoms with Gasteiger partial charge in [-0.2, -0.15) is 0 Å². The Morgan fingerprint density at radius 1 is 1.54 bits per heavy atom. The highest BCUT2D eigenvalue weighted by atomic mass is 32.2. The van der Waals surface area contributed by atoms with Gasteiger partial charge in [-0.15, -0.1) is 11.8 Å². The van der Waals surface area contributed by atoms with E-state index in [1.165, 1.54) is 0 Å². The molecule has 0 saturated heterocycles.